The number of amides is 2. The third-order valence-corrected chi connectivity index (χ3v) is 9.30. The van der Waals surface area contributed by atoms with Gasteiger partial charge in [-0.25, -0.2) is 8.42 Å². The van der Waals surface area contributed by atoms with Crippen LogP contribution in [0, 0.1) is 6.92 Å². The predicted molar refractivity (Wildman–Crippen MR) is 164 cm³/mol. The zero-order valence-corrected chi connectivity index (χ0v) is 26.6. The summed E-state index contributed by atoms with van der Waals surface area (Å²) in [6.07, 6.45) is 0.716. The predicted octanol–water partition coefficient (Wildman–Crippen LogP) is 6.59. The number of carbonyl (C=O) groups is 2. The van der Waals surface area contributed by atoms with Gasteiger partial charge in [-0.2, -0.15) is 0 Å². The van der Waals surface area contributed by atoms with Crippen molar-refractivity contribution in [1.29, 1.82) is 0 Å². The van der Waals surface area contributed by atoms with Gasteiger partial charge in [0.1, 0.15) is 12.6 Å². The minimum absolute atomic E-state index is 0.0111. The van der Waals surface area contributed by atoms with Gasteiger partial charge in [0.25, 0.3) is 10.0 Å². The number of anilines is 1. The number of nitrogens with one attached hydrogen (secondary N) is 1. The molecule has 0 saturated carbocycles. The Labute approximate surface area is 254 Å². The molecular formula is C29H32BrCl2N3O4S. The molecule has 7 nitrogen and oxygen atoms in total. The first kappa shape index (κ1) is 31.9. The number of sulfonamides is 1. The van der Waals surface area contributed by atoms with Gasteiger partial charge in [-0.3, -0.25) is 13.9 Å². The molecule has 0 aliphatic rings. The van der Waals surface area contributed by atoms with Crippen LogP contribution in [-0.4, -0.2) is 43.8 Å². The standard InChI is InChI=1S/C29H32BrCl2N3O4S/c1-5-20(3)33-29(37)21(4)34(17-22-7-6-8-23(30)15-22)28(36)18-35(27-16-24(31)11-14-26(27)32)40(38,39)25-12-9-19(2)10-13-25/h6-16,20-21H,5,17-18H2,1-4H3,(H,33,37)/t20-,21-/m1/s1. The van der Waals surface area contributed by atoms with Crippen LogP contribution in [0.25, 0.3) is 0 Å². The second-order valence-electron chi connectivity index (χ2n) is 9.57. The molecular weight excluding hydrogens is 637 g/mol. The van der Waals surface area contributed by atoms with Crippen molar-refractivity contribution in [2.45, 2.75) is 57.6 Å². The summed E-state index contributed by atoms with van der Waals surface area (Å²) < 4.78 is 29.6. The summed E-state index contributed by atoms with van der Waals surface area (Å²) in [5.74, 6) is -0.926. The highest BCUT2D eigenvalue weighted by Gasteiger charge is 2.33. The van der Waals surface area contributed by atoms with Crippen molar-refractivity contribution in [2.24, 2.45) is 0 Å². The second kappa shape index (κ2) is 13.9. The van der Waals surface area contributed by atoms with E-state index in [2.05, 4.69) is 21.2 Å². The number of hydrogen-bond acceptors (Lipinski definition) is 4. The first-order chi connectivity index (χ1) is 18.8. The fourth-order valence-electron chi connectivity index (χ4n) is 3.91. The Hall–Kier alpha value is -2.59. The van der Waals surface area contributed by atoms with Crippen LogP contribution in [-0.2, 0) is 26.2 Å². The zero-order chi connectivity index (χ0) is 29.6. The van der Waals surface area contributed by atoms with Crippen molar-refractivity contribution in [3.63, 3.8) is 0 Å². The summed E-state index contributed by atoms with van der Waals surface area (Å²) in [5, 5.41) is 3.27. The van der Waals surface area contributed by atoms with Crippen LogP contribution in [0.5, 0.6) is 0 Å². The molecule has 1 N–H and O–H groups in total. The van der Waals surface area contributed by atoms with Crippen molar-refractivity contribution in [3.8, 4) is 0 Å². The monoisotopic (exact) mass is 667 g/mol. The van der Waals surface area contributed by atoms with Crippen LogP contribution in [0.15, 0.2) is 76.1 Å². The van der Waals surface area contributed by atoms with Crippen molar-refractivity contribution >= 4 is 66.7 Å². The normalized spacial score (nSPS) is 12.9. The number of carbonyl (C=O) groups excluding carboxylic acids is 2. The first-order valence-corrected chi connectivity index (χ1v) is 15.7. The smallest absolute Gasteiger partial charge is 0.264 e. The van der Waals surface area contributed by atoms with Crippen molar-refractivity contribution in [2.75, 3.05) is 10.8 Å². The molecule has 0 aliphatic carbocycles. The molecule has 0 spiro atoms. The lowest BCUT2D eigenvalue weighted by Gasteiger charge is -2.32. The molecule has 40 heavy (non-hydrogen) atoms. The van der Waals surface area contributed by atoms with Crippen molar-refractivity contribution < 1.29 is 18.0 Å². The van der Waals surface area contributed by atoms with Crippen LogP contribution in [0.3, 0.4) is 0 Å². The molecule has 214 valence electrons. The largest absolute Gasteiger partial charge is 0.352 e. The molecule has 0 bridgehead atoms. The van der Waals surface area contributed by atoms with Gasteiger partial charge in [0.2, 0.25) is 11.8 Å². The molecule has 0 radical (unpaired) electrons. The SMILES string of the molecule is CC[C@@H](C)NC(=O)[C@@H](C)N(Cc1cccc(Br)c1)C(=O)CN(c1cc(Cl)ccc1Cl)S(=O)(=O)c1ccc(C)cc1. The molecule has 0 fully saturated rings. The van der Waals surface area contributed by atoms with E-state index in [1.165, 1.54) is 35.2 Å². The lowest BCUT2D eigenvalue weighted by Crippen LogP contribution is -2.52. The Morgan fingerprint density at radius 3 is 2.30 bits per heavy atom. The van der Waals surface area contributed by atoms with Crippen molar-refractivity contribution in [3.05, 3.63) is 92.4 Å². The van der Waals surface area contributed by atoms with Crippen LogP contribution in [0.1, 0.15) is 38.3 Å². The van der Waals surface area contributed by atoms with Gasteiger partial charge < -0.3 is 10.2 Å². The van der Waals surface area contributed by atoms with E-state index in [1.54, 1.807) is 19.1 Å². The molecule has 0 saturated heterocycles. The fourth-order valence-corrected chi connectivity index (χ4v) is 6.22. The van der Waals surface area contributed by atoms with Gasteiger partial charge in [0.15, 0.2) is 0 Å². The molecule has 3 rings (SSSR count). The summed E-state index contributed by atoms with van der Waals surface area (Å²) in [6, 6.07) is 17.1. The van der Waals surface area contributed by atoms with Gasteiger partial charge in [0.05, 0.1) is 15.6 Å². The lowest BCUT2D eigenvalue weighted by molar-refractivity contribution is -0.139. The van der Waals surface area contributed by atoms with Gasteiger partial charge in [-0.1, -0.05) is 75.9 Å². The van der Waals surface area contributed by atoms with Gasteiger partial charge in [-0.05, 0) is 75.2 Å². The minimum atomic E-state index is -4.25. The maximum atomic E-state index is 14.0. The highest BCUT2D eigenvalue weighted by molar-refractivity contribution is 9.10. The topological polar surface area (TPSA) is 86.8 Å². The Bertz CT molecular complexity index is 1470. The molecule has 3 aromatic rings. The van der Waals surface area contributed by atoms with Crippen LogP contribution in [0.4, 0.5) is 5.69 Å². The average molecular weight is 669 g/mol. The number of rotatable bonds is 11. The quantitative estimate of drug-likeness (QED) is 0.250. The summed E-state index contributed by atoms with van der Waals surface area (Å²) >= 11 is 16.1. The minimum Gasteiger partial charge on any atom is -0.352 e. The Morgan fingerprint density at radius 2 is 1.68 bits per heavy atom. The maximum absolute atomic E-state index is 14.0. The van der Waals surface area contributed by atoms with Gasteiger partial charge >= 0.3 is 0 Å². The van der Waals surface area contributed by atoms with E-state index in [0.29, 0.717) is 6.42 Å². The zero-order valence-electron chi connectivity index (χ0n) is 22.7. The number of nitrogens with zero attached hydrogens (tertiary/aromatic N) is 2. The molecule has 2 atom stereocenters. The van der Waals surface area contributed by atoms with Gasteiger partial charge in [0, 0.05) is 22.1 Å². The molecule has 0 aromatic heterocycles. The van der Waals surface area contributed by atoms with Crippen LogP contribution < -0.4 is 9.62 Å². The highest BCUT2D eigenvalue weighted by atomic mass is 79.9. The van der Waals surface area contributed by atoms with E-state index in [4.69, 9.17) is 23.2 Å². The summed E-state index contributed by atoms with van der Waals surface area (Å²) in [7, 11) is -4.25. The number of hydrogen-bond donors (Lipinski definition) is 1. The average Bonchev–Trinajstić information content (AvgIpc) is 2.91. The Morgan fingerprint density at radius 1 is 1.00 bits per heavy atom. The molecule has 2 amide bonds. The number of halogens is 3. The van der Waals surface area contributed by atoms with Crippen LogP contribution >= 0.6 is 39.1 Å². The Balaban J connectivity index is 2.07. The maximum Gasteiger partial charge on any atom is 0.264 e. The van der Waals surface area contributed by atoms with E-state index in [-0.39, 0.29) is 39.1 Å². The van der Waals surface area contributed by atoms with E-state index in [0.717, 1.165) is 19.9 Å². The third-order valence-electron chi connectivity index (χ3n) is 6.47. The molecule has 0 unspecified atom stereocenters. The lowest BCUT2D eigenvalue weighted by atomic mass is 10.1. The Kier molecular flexibility index (Phi) is 11.1. The second-order valence-corrected chi connectivity index (χ2v) is 13.2. The fraction of sp³-hybridized carbons (Fsp3) is 0.310. The van der Waals surface area contributed by atoms with E-state index < -0.39 is 28.5 Å². The first-order valence-electron chi connectivity index (χ1n) is 12.7. The number of aryl methyl sites for hydroxylation is 1. The molecule has 11 heteroatoms. The molecule has 0 heterocycles. The summed E-state index contributed by atoms with van der Waals surface area (Å²) in [5.41, 5.74) is 1.70. The molecule has 3 aromatic carbocycles. The summed E-state index contributed by atoms with van der Waals surface area (Å²) in [4.78, 5) is 28.5. The van der Waals surface area contributed by atoms with Crippen molar-refractivity contribution in [1.82, 2.24) is 10.2 Å². The number of benzene rings is 3. The molecule has 0 aliphatic heterocycles. The van der Waals surface area contributed by atoms with E-state index in [1.807, 2.05) is 45.0 Å². The van der Waals surface area contributed by atoms with Gasteiger partial charge in [-0.15, -0.1) is 0 Å². The van der Waals surface area contributed by atoms with Crippen LogP contribution in [0.2, 0.25) is 10.0 Å². The third kappa shape index (κ3) is 8.00. The summed E-state index contributed by atoms with van der Waals surface area (Å²) in [6.45, 7) is 6.76. The van der Waals surface area contributed by atoms with E-state index in [9.17, 15) is 18.0 Å². The highest BCUT2D eigenvalue weighted by Crippen LogP contribution is 2.33. The van der Waals surface area contributed by atoms with E-state index >= 15 is 0 Å².